The normalized spacial score (nSPS) is 32.1. The summed E-state index contributed by atoms with van der Waals surface area (Å²) in [6.45, 7) is 23.1. The molecule has 0 aromatic rings. The topological polar surface area (TPSA) is 18.5 Å². The highest BCUT2D eigenvalue weighted by Gasteiger charge is 2.69. The monoisotopic (exact) mass is 588 g/mol. The molecule has 26 heavy (non-hydrogen) atoms. The van der Waals surface area contributed by atoms with Crippen molar-refractivity contribution in [1.29, 1.82) is 0 Å². The largest absolute Gasteiger partial charge is 0.411 e. The minimum absolute atomic E-state index is 0.0248. The lowest BCUT2D eigenvalue weighted by atomic mass is 10.0. The lowest BCUT2D eigenvalue weighted by molar-refractivity contribution is 0.0406. The van der Waals surface area contributed by atoms with Gasteiger partial charge in [-0.3, -0.25) is 0 Å². The summed E-state index contributed by atoms with van der Waals surface area (Å²) in [6.07, 6.45) is 2.36. The van der Waals surface area contributed by atoms with Crippen LogP contribution in [0, 0.1) is 11.8 Å². The number of fused-ring (bicyclic) bond motifs is 1. The van der Waals surface area contributed by atoms with Crippen LogP contribution in [0.1, 0.15) is 41.5 Å². The molecule has 7 heteroatoms. The zero-order valence-corrected chi connectivity index (χ0v) is 24.6. The molecule has 1 saturated carbocycles. The van der Waals surface area contributed by atoms with Gasteiger partial charge >= 0.3 is 0 Å². The maximum absolute atomic E-state index is 6.98. The molecule has 0 unspecified atom stereocenters. The van der Waals surface area contributed by atoms with Crippen molar-refractivity contribution in [2.45, 2.75) is 93.2 Å². The highest BCUT2D eigenvalue weighted by molar-refractivity contribution is 9.25. The van der Waals surface area contributed by atoms with E-state index in [4.69, 9.17) is 8.85 Å². The van der Waals surface area contributed by atoms with Crippen molar-refractivity contribution in [1.82, 2.24) is 0 Å². The van der Waals surface area contributed by atoms with Gasteiger partial charge in [-0.1, -0.05) is 95.4 Å². The third kappa shape index (κ3) is 4.34. The third-order valence-corrected chi connectivity index (χ3v) is 18.7. The van der Waals surface area contributed by atoms with Gasteiger partial charge in [0.05, 0.1) is 9.34 Å². The molecule has 2 rings (SSSR count). The van der Waals surface area contributed by atoms with E-state index in [1.807, 2.05) is 0 Å². The predicted octanol–water partition coefficient (Wildman–Crippen LogP) is 7.79. The van der Waals surface area contributed by atoms with E-state index in [-0.39, 0.29) is 25.5 Å². The maximum Gasteiger partial charge on any atom is 0.193 e. The maximum atomic E-state index is 6.98. The van der Waals surface area contributed by atoms with Gasteiger partial charge in [0, 0.05) is 16.3 Å². The SMILES string of the molecule is CC(C)(C)[Si](C)(C)O[C@H]1[C@@H]2[C@@H](C=C(Br)[C@H]1O[Si](C)(C)C(C)(C)C)C2(Br)Br. The number of alkyl halides is 2. The van der Waals surface area contributed by atoms with Crippen molar-refractivity contribution in [3.05, 3.63) is 10.6 Å². The van der Waals surface area contributed by atoms with Crippen LogP contribution < -0.4 is 0 Å². The molecule has 152 valence electrons. The second kappa shape index (κ2) is 7.05. The van der Waals surface area contributed by atoms with E-state index in [0.29, 0.717) is 11.8 Å². The first kappa shape index (κ1) is 23.8. The summed E-state index contributed by atoms with van der Waals surface area (Å²) < 4.78 is 15.0. The molecule has 0 radical (unpaired) electrons. The Kier molecular flexibility index (Phi) is 6.46. The Bertz CT molecular complexity index is 589. The van der Waals surface area contributed by atoms with Crippen molar-refractivity contribution in [3.8, 4) is 0 Å². The van der Waals surface area contributed by atoms with Crippen LogP contribution in [-0.2, 0) is 8.85 Å². The average Bonchev–Trinajstić information content (AvgIpc) is 2.92. The molecule has 0 heterocycles. The van der Waals surface area contributed by atoms with Crippen LogP contribution in [0.4, 0.5) is 0 Å². The number of hydrogen-bond acceptors (Lipinski definition) is 2. The quantitative estimate of drug-likeness (QED) is 0.246. The van der Waals surface area contributed by atoms with E-state index < -0.39 is 16.6 Å². The van der Waals surface area contributed by atoms with Crippen LogP contribution in [0.2, 0.25) is 36.3 Å². The van der Waals surface area contributed by atoms with Gasteiger partial charge in [0.25, 0.3) is 0 Å². The first-order chi connectivity index (χ1) is 11.3. The molecule has 2 nitrogen and oxygen atoms in total. The van der Waals surface area contributed by atoms with Crippen molar-refractivity contribution >= 4 is 64.4 Å². The van der Waals surface area contributed by atoms with Crippen LogP contribution in [-0.4, -0.2) is 32.1 Å². The van der Waals surface area contributed by atoms with Crippen molar-refractivity contribution in [2.75, 3.05) is 0 Å². The molecule has 0 spiro atoms. The van der Waals surface area contributed by atoms with E-state index in [1.165, 1.54) is 0 Å². The predicted molar refractivity (Wildman–Crippen MR) is 129 cm³/mol. The molecule has 0 saturated heterocycles. The van der Waals surface area contributed by atoms with E-state index in [1.54, 1.807) is 0 Å². The minimum Gasteiger partial charge on any atom is -0.411 e. The van der Waals surface area contributed by atoms with Gasteiger partial charge in [0.15, 0.2) is 16.6 Å². The smallest absolute Gasteiger partial charge is 0.193 e. The molecular formula is C19H35Br3O2Si2. The zero-order valence-electron chi connectivity index (χ0n) is 17.8. The minimum atomic E-state index is -1.92. The van der Waals surface area contributed by atoms with E-state index >= 15 is 0 Å². The highest BCUT2D eigenvalue weighted by atomic mass is 79.9. The Balaban J connectivity index is 2.38. The van der Waals surface area contributed by atoms with Gasteiger partial charge in [-0.2, -0.15) is 0 Å². The standard InChI is InChI=1S/C19H35Br3O2Si2/c1-17(2,3)25(7,8)23-15-13(20)11-12-14(19(12,21)22)16(15)24-26(9,10)18(4,5)6/h11-12,14-16H,1-10H3/t12-,14+,15-,16+/m1/s1. The lowest BCUT2D eigenvalue weighted by Gasteiger charge is -2.46. The fourth-order valence-electron chi connectivity index (χ4n) is 2.89. The highest BCUT2D eigenvalue weighted by Crippen LogP contribution is 2.68. The van der Waals surface area contributed by atoms with Crippen molar-refractivity contribution < 1.29 is 8.85 Å². The molecule has 0 N–H and O–H groups in total. The van der Waals surface area contributed by atoms with Gasteiger partial charge in [0.1, 0.15) is 6.10 Å². The molecular weight excluding hydrogens is 556 g/mol. The van der Waals surface area contributed by atoms with Gasteiger partial charge < -0.3 is 8.85 Å². The second-order valence-corrected chi connectivity index (χ2v) is 25.0. The molecule has 2 aliphatic carbocycles. The zero-order chi connectivity index (χ0) is 20.5. The second-order valence-electron chi connectivity index (χ2n) is 10.9. The van der Waals surface area contributed by atoms with Crippen molar-refractivity contribution in [3.63, 3.8) is 0 Å². The number of hydrogen-bond donors (Lipinski definition) is 0. The number of rotatable bonds is 4. The van der Waals surface area contributed by atoms with Crippen LogP contribution in [0.3, 0.4) is 0 Å². The molecule has 0 amide bonds. The third-order valence-electron chi connectivity index (χ3n) is 6.89. The van der Waals surface area contributed by atoms with Crippen LogP contribution in [0.5, 0.6) is 0 Å². The Labute approximate surface area is 187 Å². The van der Waals surface area contributed by atoms with E-state index in [0.717, 1.165) is 4.48 Å². The summed E-state index contributed by atoms with van der Waals surface area (Å²) in [5.74, 6) is 0.832. The Morgan fingerprint density at radius 1 is 0.885 bits per heavy atom. The summed E-state index contributed by atoms with van der Waals surface area (Å²) in [4.78, 5) is 0. The lowest BCUT2D eigenvalue weighted by Crippen LogP contribution is -2.53. The molecule has 0 aliphatic heterocycles. The summed E-state index contributed by atoms with van der Waals surface area (Å²) in [5.41, 5.74) is 0. The summed E-state index contributed by atoms with van der Waals surface area (Å²) >= 11 is 11.6. The van der Waals surface area contributed by atoms with Crippen LogP contribution in [0.15, 0.2) is 10.6 Å². The number of halogens is 3. The Hall–Kier alpha value is 1.53. The summed E-state index contributed by atoms with van der Waals surface area (Å²) in [6, 6.07) is 0. The Morgan fingerprint density at radius 3 is 1.73 bits per heavy atom. The molecule has 0 aromatic heterocycles. The summed E-state index contributed by atoms with van der Waals surface area (Å²) in [7, 11) is -3.84. The van der Waals surface area contributed by atoms with Crippen LogP contribution >= 0.6 is 47.8 Å². The van der Waals surface area contributed by atoms with Gasteiger partial charge in [-0.15, -0.1) is 0 Å². The fourth-order valence-corrected chi connectivity index (χ4v) is 7.92. The van der Waals surface area contributed by atoms with Gasteiger partial charge in [-0.25, -0.2) is 0 Å². The average molecular weight is 591 g/mol. The molecule has 0 bridgehead atoms. The van der Waals surface area contributed by atoms with E-state index in [9.17, 15) is 0 Å². The summed E-state index contributed by atoms with van der Waals surface area (Å²) in [5, 5.41) is 0.343. The molecule has 4 atom stereocenters. The van der Waals surface area contributed by atoms with Crippen molar-refractivity contribution in [2.24, 2.45) is 11.8 Å². The molecule has 2 aliphatic rings. The molecule has 0 aromatic carbocycles. The van der Waals surface area contributed by atoms with Gasteiger partial charge in [-0.05, 0) is 36.3 Å². The fraction of sp³-hybridized carbons (Fsp3) is 0.895. The van der Waals surface area contributed by atoms with Gasteiger partial charge in [0.2, 0.25) is 0 Å². The molecule has 1 fully saturated rings. The Morgan fingerprint density at radius 2 is 1.31 bits per heavy atom. The first-order valence-corrected chi connectivity index (χ1v) is 17.6. The van der Waals surface area contributed by atoms with Crippen LogP contribution in [0.25, 0.3) is 0 Å². The number of allylic oxidation sites excluding steroid dienone is 1. The van der Waals surface area contributed by atoms with E-state index in [2.05, 4.69) is 122 Å². The first-order valence-electron chi connectivity index (χ1n) is 9.43.